The summed E-state index contributed by atoms with van der Waals surface area (Å²) in [5.41, 5.74) is 0.170. The molecule has 0 radical (unpaired) electrons. The Morgan fingerprint density at radius 3 is 2.81 bits per heavy atom. The predicted octanol–water partition coefficient (Wildman–Crippen LogP) is 0.907. The number of hydrogen-bond donors (Lipinski definition) is 1. The van der Waals surface area contributed by atoms with Crippen molar-refractivity contribution in [3.8, 4) is 5.75 Å². The summed E-state index contributed by atoms with van der Waals surface area (Å²) in [6.45, 7) is 2.47. The predicted molar refractivity (Wildman–Crippen MR) is 56.9 cm³/mol. The van der Waals surface area contributed by atoms with Crippen LogP contribution in [0.15, 0.2) is 23.1 Å². The van der Waals surface area contributed by atoms with Crippen LogP contribution in [0.1, 0.15) is 23.7 Å². The molecule has 1 amide bonds. The van der Waals surface area contributed by atoms with Gasteiger partial charge in [0.2, 0.25) is 0 Å². The number of carbonyl (C=O) groups is 1. The van der Waals surface area contributed by atoms with Crippen LogP contribution in [0.5, 0.6) is 5.75 Å². The second-order valence-electron chi connectivity index (χ2n) is 3.44. The molecule has 2 rings (SSSR count). The van der Waals surface area contributed by atoms with Crippen molar-refractivity contribution >= 4 is 15.9 Å². The molecule has 0 spiro atoms. The Bertz CT molecular complexity index is 536. The standard InChI is InChI=1S/C10H11NO4S/c1-2-5-15-7-3-4-8-9(6-7)16(13,14)11-10(8)12/h3-4,6H,2,5H2,1H3,(H,11,12). The topological polar surface area (TPSA) is 72.5 Å². The Hall–Kier alpha value is -1.56. The van der Waals surface area contributed by atoms with E-state index in [1.165, 1.54) is 12.1 Å². The van der Waals surface area contributed by atoms with E-state index in [1.807, 2.05) is 11.6 Å². The normalized spacial score (nSPS) is 16.7. The van der Waals surface area contributed by atoms with E-state index in [0.717, 1.165) is 6.42 Å². The molecule has 0 aliphatic carbocycles. The quantitative estimate of drug-likeness (QED) is 0.853. The number of fused-ring (bicyclic) bond motifs is 1. The van der Waals surface area contributed by atoms with E-state index in [0.29, 0.717) is 12.4 Å². The molecule has 1 aliphatic rings. The van der Waals surface area contributed by atoms with Crippen LogP contribution in [0, 0.1) is 0 Å². The Morgan fingerprint density at radius 2 is 2.12 bits per heavy atom. The number of ether oxygens (including phenoxy) is 1. The number of sulfonamides is 1. The molecule has 1 heterocycles. The van der Waals surface area contributed by atoms with Crippen molar-refractivity contribution in [3.63, 3.8) is 0 Å². The van der Waals surface area contributed by atoms with E-state index >= 15 is 0 Å². The van der Waals surface area contributed by atoms with Crippen molar-refractivity contribution in [2.24, 2.45) is 0 Å². The summed E-state index contributed by atoms with van der Waals surface area (Å²) in [6, 6.07) is 4.42. The lowest BCUT2D eigenvalue weighted by Crippen LogP contribution is -2.20. The zero-order chi connectivity index (χ0) is 11.8. The minimum absolute atomic E-state index is 0.00824. The van der Waals surface area contributed by atoms with E-state index in [-0.39, 0.29) is 10.5 Å². The summed E-state index contributed by atoms with van der Waals surface area (Å²) in [5, 5.41) is 0. The van der Waals surface area contributed by atoms with Gasteiger partial charge in [-0.3, -0.25) is 4.79 Å². The monoisotopic (exact) mass is 241 g/mol. The van der Waals surface area contributed by atoms with Gasteiger partial charge in [0.05, 0.1) is 12.2 Å². The van der Waals surface area contributed by atoms with Crippen molar-refractivity contribution < 1.29 is 17.9 Å². The van der Waals surface area contributed by atoms with E-state index in [2.05, 4.69) is 0 Å². The van der Waals surface area contributed by atoms with Gasteiger partial charge in [-0.2, -0.15) is 0 Å². The van der Waals surface area contributed by atoms with Gasteiger partial charge in [-0.05, 0) is 18.6 Å². The third-order valence-corrected chi connectivity index (χ3v) is 3.56. The molecule has 16 heavy (non-hydrogen) atoms. The van der Waals surface area contributed by atoms with Crippen molar-refractivity contribution in [1.82, 2.24) is 4.72 Å². The lowest BCUT2D eigenvalue weighted by Gasteiger charge is -2.04. The van der Waals surface area contributed by atoms with Gasteiger partial charge in [-0.15, -0.1) is 0 Å². The molecule has 1 aromatic carbocycles. The van der Waals surface area contributed by atoms with Crippen LogP contribution in [-0.4, -0.2) is 20.9 Å². The van der Waals surface area contributed by atoms with Gasteiger partial charge in [-0.1, -0.05) is 6.92 Å². The largest absolute Gasteiger partial charge is 0.494 e. The average Bonchev–Trinajstić information content (AvgIpc) is 2.47. The zero-order valence-electron chi connectivity index (χ0n) is 8.69. The van der Waals surface area contributed by atoms with Crippen molar-refractivity contribution in [3.05, 3.63) is 23.8 Å². The number of rotatable bonds is 3. The minimum Gasteiger partial charge on any atom is -0.494 e. The fourth-order valence-corrected chi connectivity index (χ4v) is 2.64. The Morgan fingerprint density at radius 1 is 1.38 bits per heavy atom. The number of nitrogens with one attached hydrogen (secondary N) is 1. The van der Waals surface area contributed by atoms with Gasteiger partial charge in [0.25, 0.3) is 15.9 Å². The highest BCUT2D eigenvalue weighted by molar-refractivity contribution is 7.90. The fraction of sp³-hybridized carbons (Fsp3) is 0.300. The number of amides is 1. The van der Waals surface area contributed by atoms with Crippen LogP contribution in [0.4, 0.5) is 0 Å². The highest BCUT2D eigenvalue weighted by Crippen LogP contribution is 2.26. The molecule has 5 nitrogen and oxygen atoms in total. The van der Waals surface area contributed by atoms with Gasteiger partial charge in [-0.25, -0.2) is 13.1 Å². The van der Waals surface area contributed by atoms with Crippen LogP contribution >= 0.6 is 0 Å². The summed E-state index contributed by atoms with van der Waals surface area (Å²) in [6.07, 6.45) is 0.834. The number of carbonyl (C=O) groups excluding carboxylic acids is 1. The Balaban J connectivity index is 2.43. The third-order valence-electron chi connectivity index (χ3n) is 2.19. The molecule has 0 fully saturated rings. The molecule has 1 N–H and O–H groups in total. The Labute approximate surface area is 93.5 Å². The van der Waals surface area contributed by atoms with Gasteiger partial charge in [0.15, 0.2) is 0 Å². The van der Waals surface area contributed by atoms with Gasteiger partial charge >= 0.3 is 0 Å². The second-order valence-corrected chi connectivity index (χ2v) is 5.09. The maximum Gasteiger partial charge on any atom is 0.266 e. The van der Waals surface area contributed by atoms with Gasteiger partial charge in [0.1, 0.15) is 10.6 Å². The first-order chi connectivity index (χ1) is 7.54. The molecule has 0 unspecified atom stereocenters. The first kappa shape index (κ1) is 10.9. The lowest BCUT2D eigenvalue weighted by molar-refractivity contribution is 0.0985. The molecule has 1 aromatic rings. The van der Waals surface area contributed by atoms with Crippen molar-refractivity contribution in [1.29, 1.82) is 0 Å². The zero-order valence-corrected chi connectivity index (χ0v) is 9.50. The molecule has 0 bridgehead atoms. The van der Waals surface area contributed by atoms with Crippen LogP contribution in [0.3, 0.4) is 0 Å². The van der Waals surface area contributed by atoms with Crippen molar-refractivity contribution in [2.45, 2.75) is 18.2 Å². The van der Waals surface area contributed by atoms with E-state index < -0.39 is 15.9 Å². The highest BCUT2D eigenvalue weighted by atomic mass is 32.2. The van der Waals surface area contributed by atoms with E-state index in [4.69, 9.17) is 4.74 Å². The van der Waals surface area contributed by atoms with E-state index in [1.54, 1.807) is 6.07 Å². The summed E-state index contributed by atoms with van der Waals surface area (Å²) in [7, 11) is -3.68. The molecule has 0 saturated heterocycles. The summed E-state index contributed by atoms with van der Waals surface area (Å²) in [4.78, 5) is 11.3. The molecule has 0 saturated carbocycles. The smallest absolute Gasteiger partial charge is 0.266 e. The molecular weight excluding hydrogens is 230 g/mol. The molecule has 6 heteroatoms. The van der Waals surface area contributed by atoms with Crippen LogP contribution in [0.25, 0.3) is 0 Å². The van der Waals surface area contributed by atoms with Gasteiger partial charge in [0, 0.05) is 6.07 Å². The third kappa shape index (κ3) is 1.76. The van der Waals surface area contributed by atoms with Crippen LogP contribution in [0.2, 0.25) is 0 Å². The first-order valence-corrected chi connectivity index (χ1v) is 6.37. The maximum absolute atomic E-state index is 11.5. The molecule has 0 atom stereocenters. The Kier molecular flexibility index (Phi) is 2.59. The summed E-state index contributed by atoms with van der Waals surface area (Å²) in [5.74, 6) is -0.127. The number of hydrogen-bond acceptors (Lipinski definition) is 4. The SMILES string of the molecule is CCCOc1ccc2c(c1)S(=O)(=O)NC2=O. The summed E-state index contributed by atoms with van der Waals surface area (Å²) < 4.78 is 30.2. The van der Waals surface area contributed by atoms with Gasteiger partial charge < -0.3 is 4.74 Å². The first-order valence-electron chi connectivity index (χ1n) is 4.88. The van der Waals surface area contributed by atoms with Crippen molar-refractivity contribution in [2.75, 3.05) is 6.61 Å². The lowest BCUT2D eigenvalue weighted by atomic mass is 10.2. The molecular formula is C10H11NO4S. The molecule has 86 valence electrons. The molecule has 1 aliphatic heterocycles. The van der Waals surface area contributed by atoms with E-state index in [9.17, 15) is 13.2 Å². The fourth-order valence-electron chi connectivity index (χ4n) is 1.45. The van der Waals surface area contributed by atoms with Crippen LogP contribution < -0.4 is 9.46 Å². The minimum atomic E-state index is -3.68. The summed E-state index contributed by atoms with van der Waals surface area (Å²) >= 11 is 0. The second kappa shape index (κ2) is 3.79. The highest BCUT2D eigenvalue weighted by Gasteiger charge is 2.32. The molecule has 0 aromatic heterocycles. The average molecular weight is 241 g/mol. The number of benzene rings is 1. The maximum atomic E-state index is 11.5. The van der Waals surface area contributed by atoms with Crippen LogP contribution in [-0.2, 0) is 10.0 Å².